The van der Waals surface area contributed by atoms with Crippen LogP contribution in [-0.2, 0) is 11.3 Å². The molecule has 0 aliphatic carbocycles. The van der Waals surface area contributed by atoms with Crippen molar-refractivity contribution in [3.63, 3.8) is 0 Å². The first-order chi connectivity index (χ1) is 7.74. The van der Waals surface area contributed by atoms with Crippen molar-refractivity contribution in [1.29, 1.82) is 5.26 Å². The van der Waals surface area contributed by atoms with E-state index in [1.807, 2.05) is 6.07 Å². The molecule has 1 aromatic heterocycles. The number of nitriles is 1. The maximum atomic E-state index is 10.9. The molecule has 0 radical (unpaired) electrons. The molecule has 0 aliphatic rings. The number of hydrogen-bond donors (Lipinski definition) is 0. The number of ether oxygens (including phenoxy) is 1. The highest BCUT2D eigenvalue weighted by Crippen LogP contribution is 2.26. The van der Waals surface area contributed by atoms with Gasteiger partial charge in [-0.15, -0.1) is 0 Å². The summed E-state index contributed by atoms with van der Waals surface area (Å²) in [6.45, 7) is -0.0647. The largest absolute Gasteiger partial charge is 0.755 e. The van der Waals surface area contributed by atoms with Crippen molar-refractivity contribution in [1.82, 2.24) is 3.97 Å². The molecule has 0 spiro atoms. The fourth-order valence-corrected chi connectivity index (χ4v) is 1.96. The molecule has 5 nitrogen and oxygen atoms in total. The highest BCUT2D eigenvalue weighted by molar-refractivity contribution is 7.77. The minimum atomic E-state index is -2.34. The Hall–Kier alpha value is -1.84. The van der Waals surface area contributed by atoms with Crippen molar-refractivity contribution in [2.45, 2.75) is 0 Å². The van der Waals surface area contributed by atoms with E-state index in [-0.39, 0.29) is 6.61 Å². The molecular formula is C10H7N2O3S-. The zero-order valence-corrected chi connectivity index (χ0v) is 8.94. The van der Waals surface area contributed by atoms with E-state index in [1.54, 1.807) is 24.3 Å². The van der Waals surface area contributed by atoms with E-state index in [0.717, 1.165) is 3.97 Å². The van der Waals surface area contributed by atoms with Gasteiger partial charge in [-0.05, 0) is 18.2 Å². The van der Waals surface area contributed by atoms with Gasteiger partial charge in [-0.25, -0.2) is 0 Å². The van der Waals surface area contributed by atoms with Crippen molar-refractivity contribution < 1.29 is 13.5 Å². The first-order valence-electron chi connectivity index (χ1n) is 4.43. The molecule has 1 unspecified atom stereocenters. The molecule has 0 saturated carbocycles. The molecule has 82 valence electrons. The zero-order chi connectivity index (χ0) is 11.5. The summed E-state index contributed by atoms with van der Waals surface area (Å²) in [6.07, 6.45) is 1.44. The van der Waals surface area contributed by atoms with Gasteiger partial charge in [-0.1, -0.05) is 6.07 Å². The highest BCUT2D eigenvalue weighted by Gasteiger charge is 2.06. The van der Waals surface area contributed by atoms with Crippen molar-refractivity contribution in [2.75, 3.05) is 6.61 Å². The Morgan fingerprint density at radius 2 is 2.31 bits per heavy atom. The van der Waals surface area contributed by atoms with Crippen LogP contribution >= 0.6 is 0 Å². The Balaban J connectivity index is 2.54. The summed E-state index contributed by atoms with van der Waals surface area (Å²) in [6, 6.07) is 8.54. The zero-order valence-electron chi connectivity index (χ0n) is 8.12. The average molecular weight is 235 g/mol. The van der Waals surface area contributed by atoms with E-state index in [9.17, 15) is 8.76 Å². The van der Waals surface area contributed by atoms with Crippen LogP contribution in [0, 0.1) is 11.3 Å². The molecule has 6 heteroatoms. The van der Waals surface area contributed by atoms with E-state index in [4.69, 9.17) is 10.00 Å². The van der Waals surface area contributed by atoms with Gasteiger partial charge in [0.05, 0.1) is 16.8 Å². The number of fused-ring (bicyclic) bond motifs is 1. The van der Waals surface area contributed by atoms with Crippen molar-refractivity contribution in [3.05, 3.63) is 30.5 Å². The Kier molecular flexibility index (Phi) is 2.90. The third kappa shape index (κ3) is 1.78. The maximum absolute atomic E-state index is 10.9. The minimum absolute atomic E-state index is 0.0647. The second-order valence-electron chi connectivity index (χ2n) is 2.99. The number of nitrogens with zero attached hydrogens (tertiary/aromatic N) is 2. The minimum Gasteiger partial charge on any atom is -0.755 e. The number of rotatable bonds is 3. The van der Waals surface area contributed by atoms with Gasteiger partial charge in [0.2, 0.25) is 0 Å². The molecule has 0 fully saturated rings. The van der Waals surface area contributed by atoms with Crippen LogP contribution in [-0.4, -0.2) is 19.3 Å². The molecule has 0 bridgehead atoms. The number of hydrogen-bond acceptors (Lipinski definition) is 4. The maximum Gasteiger partial charge on any atom is 0.174 e. The second kappa shape index (κ2) is 4.35. The second-order valence-corrected chi connectivity index (χ2v) is 3.82. The van der Waals surface area contributed by atoms with Crippen molar-refractivity contribution >= 4 is 22.2 Å². The van der Waals surface area contributed by atoms with Gasteiger partial charge < -0.3 is 9.29 Å². The Bertz CT molecular complexity index is 585. The van der Waals surface area contributed by atoms with Gasteiger partial charge in [0.15, 0.2) is 6.61 Å². The Labute approximate surface area is 94.3 Å². The van der Waals surface area contributed by atoms with Crippen LogP contribution in [0.3, 0.4) is 0 Å². The normalized spacial score (nSPS) is 12.2. The van der Waals surface area contributed by atoms with E-state index in [1.165, 1.54) is 6.20 Å². The van der Waals surface area contributed by atoms with Gasteiger partial charge in [0.25, 0.3) is 0 Å². The predicted molar refractivity (Wildman–Crippen MR) is 57.4 cm³/mol. The lowest BCUT2D eigenvalue weighted by molar-refractivity contribution is 0.372. The van der Waals surface area contributed by atoms with E-state index >= 15 is 0 Å². The van der Waals surface area contributed by atoms with Gasteiger partial charge in [-0.3, -0.25) is 8.18 Å². The lowest BCUT2D eigenvalue weighted by Crippen LogP contribution is -2.00. The molecule has 1 atom stereocenters. The highest BCUT2D eigenvalue weighted by atomic mass is 32.2. The first-order valence-corrected chi connectivity index (χ1v) is 5.47. The van der Waals surface area contributed by atoms with Crippen LogP contribution < -0.4 is 4.74 Å². The summed E-state index contributed by atoms with van der Waals surface area (Å²) in [5.74, 6) is 0.503. The Morgan fingerprint density at radius 1 is 1.50 bits per heavy atom. The predicted octanol–water partition coefficient (Wildman–Crippen LogP) is 1.19. The standard InChI is InChI=1S/C10H8N2O3S/c11-5-7-15-10-3-1-2-9-8(10)4-6-12(9)16(13)14/h1-4,6H,7H2,(H,13,14)/p-1. The quantitative estimate of drug-likeness (QED) is 0.748. The fourth-order valence-electron chi connectivity index (χ4n) is 1.48. The van der Waals surface area contributed by atoms with Crippen LogP contribution in [0.2, 0.25) is 0 Å². The number of benzene rings is 1. The van der Waals surface area contributed by atoms with Crippen LogP contribution in [0.4, 0.5) is 0 Å². The van der Waals surface area contributed by atoms with Gasteiger partial charge in [0, 0.05) is 11.6 Å². The molecule has 0 N–H and O–H groups in total. The monoisotopic (exact) mass is 235 g/mol. The Morgan fingerprint density at radius 3 is 3.00 bits per heavy atom. The summed E-state index contributed by atoms with van der Waals surface area (Å²) in [5.41, 5.74) is 0.531. The van der Waals surface area contributed by atoms with Crippen LogP contribution in [0.25, 0.3) is 10.9 Å². The van der Waals surface area contributed by atoms with Gasteiger partial charge in [-0.2, -0.15) is 5.26 Å². The van der Waals surface area contributed by atoms with E-state index in [2.05, 4.69) is 0 Å². The molecule has 1 aromatic carbocycles. The molecule has 2 rings (SSSR count). The summed E-state index contributed by atoms with van der Waals surface area (Å²) in [5, 5.41) is 9.08. The molecule has 0 amide bonds. The molecule has 2 aromatic rings. The van der Waals surface area contributed by atoms with Gasteiger partial charge in [0.1, 0.15) is 11.8 Å². The van der Waals surface area contributed by atoms with Crippen LogP contribution in [0.5, 0.6) is 5.75 Å². The molecular weight excluding hydrogens is 228 g/mol. The topological polar surface area (TPSA) is 78.1 Å². The lowest BCUT2D eigenvalue weighted by Gasteiger charge is -2.08. The molecule has 0 aliphatic heterocycles. The summed E-state index contributed by atoms with van der Waals surface area (Å²) in [7, 11) is 0. The average Bonchev–Trinajstić information content (AvgIpc) is 2.70. The molecule has 16 heavy (non-hydrogen) atoms. The summed E-state index contributed by atoms with van der Waals surface area (Å²) < 4.78 is 28.0. The lowest BCUT2D eigenvalue weighted by atomic mass is 10.2. The summed E-state index contributed by atoms with van der Waals surface area (Å²) in [4.78, 5) is 0. The third-order valence-corrected chi connectivity index (χ3v) is 2.75. The SMILES string of the molecule is N#CCOc1cccc2c1ccn2S(=O)[O-]. The van der Waals surface area contributed by atoms with E-state index in [0.29, 0.717) is 16.7 Å². The number of aromatic nitrogens is 1. The van der Waals surface area contributed by atoms with Crippen molar-refractivity contribution in [2.24, 2.45) is 0 Å². The molecule has 0 saturated heterocycles. The van der Waals surface area contributed by atoms with Crippen LogP contribution in [0.15, 0.2) is 30.5 Å². The third-order valence-electron chi connectivity index (χ3n) is 2.11. The van der Waals surface area contributed by atoms with Gasteiger partial charge >= 0.3 is 0 Å². The van der Waals surface area contributed by atoms with Crippen LogP contribution in [0.1, 0.15) is 0 Å². The smallest absolute Gasteiger partial charge is 0.174 e. The first kappa shape index (κ1) is 10.7. The fraction of sp³-hybridized carbons (Fsp3) is 0.100. The van der Waals surface area contributed by atoms with Crippen molar-refractivity contribution in [3.8, 4) is 11.8 Å². The van der Waals surface area contributed by atoms with E-state index < -0.39 is 11.3 Å². The summed E-state index contributed by atoms with van der Waals surface area (Å²) >= 11 is -2.34. The molecule has 1 heterocycles.